The lowest BCUT2D eigenvalue weighted by Gasteiger charge is -2.08. The Bertz CT molecular complexity index is 836. The van der Waals surface area contributed by atoms with Gasteiger partial charge >= 0.3 is 0 Å². The highest BCUT2D eigenvalue weighted by atomic mass is 35.5. The fourth-order valence-corrected chi connectivity index (χ4v) is 3.01. The molecule has 2 heterocycles. The average molecular weight is 347 g/mol. The predicted octanol–water partition coefficient (Wildman–Crippen LogP) is 4.53. The Kier molecular flexibility index (Phi) is 4.69. The van der Waals surface area contributed by atoms with Gasteiger partial charge in [-0.15, -0.1) is 0 Å². The van der Waals surface area contributed by atoms with Gasteiger partial charge in [0.2, 0.25) is 0 Å². The maximum atomic E-state index is 13.0. The van der Waals surface area contributed by atoms with Crippen LogP contribution in [0.3, 0.4) is 0 Å². The molecule has 0 aliphatic rings. The van der Waals surface area contributed by atoms with Gasteiger partial charge in [-0.25, -0.2) is 4.39 Å². The van der Waals surface area contributed by atoms with Gasteiger partial charge in [-0.3, -0.25) is 9.78 Å². The maximum absolute atomic E-state index is 13.0. The zero-order valence-corrected chi connectivity index (χ0v) is 13.5. The van der Waals surface area contributed by atoms with E-state index >= 15 is 0 Å². The van der Waals surface area contributed by atoms with Gasteiger partial charge in [0.25, 0.3) is 5.91 Å². The highest BCUT2D eigenvalue weighted by Gasteiger charge is 2.11. The Balaban J connectivity index is 1.71. The number of hydrogen-bond acceptors (Lipinski definition) is 3. The quantitative estimate of drug-likeness (QED) is 0.754. The van der Waals surface area contributed by atoms with Gasteiger partial charge < -0.3 is 5.32 Å². The number of aromatic nitrogens is 1. The number of halogens is 2. The van der Waals surface area contributed by atoms with Crippen LogP contribution in [-0.4, -0.2) is 10.9 Å². The van der Waals surface area contributed by atoms with E-state index in [2.05, 4.69) is 10.3 Å². The second-order valence-electron chi connectivity index (χ2n) is 4.87. The Hall–Kier alpha value is -2.24. The van der Waals surface area contributed by atoms with Crippen molar-refractivity contribution >= 4 is 28.8 Å². The molecule has 0 spiro atoms. The van der Waals surface area contributed by atoms with Gasteiger partial charge in [-0.1, -0.05) is 11.6 Å². The second kappa shape index (κ2) is 6.89. The number of benzene rings is 1. The third kappa shape index (κ3) is 3.75. The third-order valence-electron chi connectivity index (χ3n) is 3.27. The van der Waals surface area contributed by atoms with E-state index < -0.39 is 5.82 Å². The molecule has 23 heavy (non-hydrogen) atoms. The van der Waals surface area contributed by atoms with E-state index in [0.717, 1.165) is 22.9 Å². The average Bonchev–Trinajstić information content (AvgIpc) is 3.07. The largest absolute Gasteiger partial charge is 0.348 e. The van der Waals surface area contributed by atoms with E-state index in [9.17, 15) is 9.18 Å². The maximum Gasteiger partial charge on any atom is 0.253 e. The molecule has 1 N–H and O–H groups in total. The lowest BCUT2D eigenvalue weighted by Crippen LogP contribution is -2.23. The first-order valence-corrected chi connectivity index (χ1v) is 8.16. The van der Waals surface area contributed by atoms with E-state index in [4.69, 9.17) is 11.6 Å². The molecule has 0 saturated carbocycles. The molecule has 1 amide bonds. The Morgan fingerprint density at radius 3 is 2.87 bits per heavy atom. The van der Waals surface area contributed by atoms with Crippen LogP contribution >= 0.6 is 22.9 Å². The number of nitrogens with one attached hydrogen (secondary N) is 1. The molecule has 3 aromatic rings. The zero-order chi connectivity index (χ0) is 16.2. The van der Waals surface area contributed by atoms with Crippen molar-refractivity contribution in [3.05, 3.63) is 75.3 Å². The number of hydrogen-bond donors (Lipinski definition) is 1. The number of amides is 1. The van der Waals surface area contributed by atoms with Crippen LogP contribution in [-0.2, 0) is 6.54 Å². The van der Waals surface area contributed by atoms with E-state index in [1.807, 2.05) is 29.0 Å². The predicted molar refractivity (Wildman–Crippen MR) is 90.1 cm³/mol. The van der Waals surface area contributed by atoms with Crippen LogP contribution < -0.4 is 5.32 Å². The van der Waals surface area contributed by atoms with Crippen molar-refractivity contribution in [1.82, 2.24) is 10.3 Å². The minimum Gasteiger partial charge on any atom is -0.348 e. The lowest BCUT2D eigenvalue weighted by molar-refractivity contribution is 0.0951. The highest BCUT2D eigenvalue weighted by molar-refractivity contribution is 7.08. The molecule has 0 unspecified atom stereocenters. The van der Waals surface area contributed by atoms with Crippen LogP contribution in [0.15, 0.2) is 53.4 Å². The molecular formula is C17H12ClFN2OS. The molecule has 0 atom stereocenters. The summed E-state index contributed by atoms with van der Waals surface area (Å²) in [5, 5.41) is 6.88. The van der Waals surface area contributed by atoms with Gasteiger partial charge in [0.15, 0.2) is 0 Å². The standard InChI is InChI=1S/C17H12ClFN2OS/c18-15-8-13(19)1-2-14(15)17(22)21-9-11-3-5-20-16(7-11)12-4-6-23-10-12/h1-8,10H,9H2,(H,21,22). The molecule has 0 aliphatic carbocycles. The monoisotopic (exact) mass is 346 g/mol. The van der Waals surface area contributed by atoms with Crippen LogP contribution in [0.4, 0.5) is 4.39 Å². The van der Waals surface area contributed by atoms with Crippen LogP contribution in [0, 0.1) is 5.82 Å². The normalized spacial score (nSPS) is 10.5. The summed E-state index contributed by atoms with van der Waals surface area (Å²) >= 11 is 7.49. The summed E-state index contributed by atoms with van der Waals surface area (Å²) in [7, 11) is 0. The summed E-state index contributed by atoms with van der Waals surface area (Å²) in [4.78, 5) is 16.5. The Morgan fingerprint density at radius 1 is 1.26 bits per heavy atom. The van der Waals surface area contributed by atoms with Crippen molar-refractivity contribution in [2.75, 3.05) is 0 Å². The number of carbonyl (C=O) groups excluding carboxylic acids is 1. The van der Waals surface area contributed by atoms with E-state index in [1.165, 1.54) is 12.1 Å². The number of carbonyl (C=O) groups is 1. The summed E-state index contributed by atoms with van der Waals surface area (Å²) in [6, 6.07) is 9.46. The molecule has 0 radical (unpaired) electrons. The van der Waals surface area contributed by atoms with Crippen molar-refractivity contribution in [2.24, 2.45) is 0 Å². The fourth-order valence-electron chi connectivity index (χ4n) is 2.10. The molecule has 0 fully saturated rings. The molecule has 0 bridgehead atoms. The van der Waals surface area contributed by atoms with E-state index in [0.29, 0.717) is 6.54 Å². The minimum atomic E-state index is -0.471. The molecule has 3 rings (SSSR count). The van der Waals surface area contributed by atoms with Gasteiger partial charge in [0, 0.05) is 23.7 Å². The summed E-state index contributed by atoms with van der Waals surface area (Å²) < 4.78 is 13.0. The molecule has 0 saturated heterocycles. The molecule has 116 valence electrons. The van der Waals surface area contributed by atoms with E-state index in [1.54, 1.807) is 17.5 Å². The molecule has 3 nitrogen and oxygen atoms in total. The van der Waals surface area contributed by atoms with Gasteiger partial charge in [0.1, 0.15) is 5.82 Å². The van der Waals surface area contributed by atoms with Gasteiger partial charge in [-0.2, -0.15) is 11.3 Å². The van der Waals surface area contributed by atoms with Crippen LogP contribution in [0.2, 0.25) is 5.02 Å². The summed E-state index contributed by atoms with van der Waals surface area (Å²) in [6.45, 7) is 0.339. The van der Waals surface area contributed by atoms with Crippen molar-refractivity contribution in [3.63, 3.8) is 0 Å². The molecule has 6 heteroatoms. The van der Waals surface area contributed by atoms with E-state index in [-0.39, 0.29) is 16.5 Å². The Morgan fingerprint density at radius 2 is 2.13 bits per heavy atom. The smallest absolute Gasteiger partial charge is 0.253 e. The van der Waals surface area contributed by atoms with Crippen LogP contribution in [0.25, 0.3) is 11.3 Å². The number of rotatable bonds is 4. The summed E-state index contributed by atoms with van der Waals surface area (Å²) in [5.41, 5.74) is 3.08. The van der Waals surface area contributed by atoms with Crippen molar-refractivity contribution in [2.45, 2.75) is 6.54 Å². The number of nitrogens with zero attached hydrogens (tertiary/aromatic N) is 1. The summed E-state index contributed by atoms with van der Waals surface area (Å²) in [6.07, 6.45) is 1.71. The number of pyridine rings is 1. The van der Waals surface area contributed by atoms with Gasteiger partial charge in [0.05, 0.1) is 16.3 Å². The molecule has 1 aromatic carbocycles. The van der Waals surface area contributed by atoms with Crippen LogP contribution in [0.1, 0.15) is 15.9 Å². The first kappa shape index (κ1) is 15.6. The highest BCUT2D eigenvalue weighted by Crippen LogP contribution is 2.21. The minimum absolute atomic E-state index is 0.0937. The third-order valence-corrected chi connectivity index (χ3v) is 4.27. The van der Waals surface area contributed by atoms with Crippen molar-refractivity contribution < 1.29 is 9.18 Å². The summed E-state index contributed by atoms with van der Waals surface area (Å²) in [5.74, 6) is -0.815. The Labute approximate surface area is 141 Å². The van der Waals surface area contributed by atoms with Crippen molar-refractivity contribution in [3.8, 4) is 11.3 Å². The fraction of sp³-hybridized carbons (Fsp3) is 0.0588. The first-order valence-electron chi connectivity index (χ1n) is 6.84. The topological polar surface area (TPSA) is 42.0 Å². The molecule has 0 aliphatic heterocycles. The SMILES string of the molecule is O=C(NCc1ccnc(-c2ccsc2)c1)c1ccc(F)cc1Cl. The number of thiophene rings is 1. The second-order valence-corrected chi connectivity index (χ2v) is 6.06. The molecular weight excluding hydrogens is 335 g/mol. The first-order chi connectivity index (χ1) is 11.1. The van der Waals surface area contributed by atoms with Gasteiger partial charge in [-0.05, 0) is 47.3 Å². The van der Waals surface area contributed by atoms with Crippen LogP contribution in [0.5, 0.6) is 0 Å². The molecule has 2 aromatic heterocycles. The van der Waals surface area contributed by atoms with Crippen molar-refractivity contribution in [1.29, 1.82) is 0 Å². The zero-order valence-electron chi connectivity index (χ0n) is 11.9. The lowest BCUT2D eigenvalue weighted by atomic mass is 10.1.